The number of unbranched alkanes of at least 4 members (excludes halogenated alkanes) is 12. The summed E-state index contributed by atoms with van der Waals surface area (Å²) in [5.74, 6) is 3.39. The lowest BCUT2D eigenvalue weighted by atomic mass is 10.0. The predicted molar refractivity (Wildman–Crippen MR) is 163 cm³/mol. The molecule has 0 aliphatic heterocycles. The summed E-state index contributed by atoms with van der Waals surface area (Å²) in [7, 11) is 0. The van der Waals surface area contributed by atoms with E-state index < -0.39 is 0 Å². The molecule has 0 amide bonds. The van der Waals surface area contributed by atoms with Crippen LogP contribution in [0.25, 0.3) is 0 Å². The summed E-state index contributed by atoms with van der Waals surface area (Å²) in [6.45, 7) is 4.55. The first-order valence-electron chi connectivity index (χ1n) is 15.4. The number of hydrogen-bond acceptors (Lipinski definition) is 2. The summed E-state index contributed by atoms with van der Waals surface area (Å²) in [5.41, 5.74) is 2.78. The van der Waals surface area contributed by atoms with Crippen LogP contribution in [-0.4, -0.2) is 0 Å². The van der Waals surface area contributed by atoms with Gasteiger partial charge in [-0.05, 0) is 85.3 Å². The summed E-state index contributed by atoms with van der Waals surface area (Å²) >= 11 is 0. The Morgan fingerprint density at radius 2 is 0.605 bits per heavy atom. The molecule has 0 aliphatic rings. The van der Waals surface area contributed by atoms with Crippen molar-refractivity contribution in [1.29, 1.82) is 0 Å². The number of hydrogen-bond donors (Lipinski definition) is 0. The average Bonchev–Trinajstić information content (AvgIpc) is 2.95. The molecule has 0 fully saturated rings. The Bertz CT molecular complexity index is 891. The Morgan fingerprint density at radius 1 is 0.342 bits per heavy atom. The second kappa shape index (κ2) is 18.5. The second-order valence-corrected chi connectivity index (χ2v) is 10.7. The molecule has 0 spiro atoms. The molecule has 0 N–H and O–H groups in total. The van der Waals surface area contributed by atoms with E-state index in [4.69, 9.17) is 9.47 Å². The highest BCUT2D eigenvalue weighted by atomic mass is 16.5. The van der Waals surface area contributed by atoms with Crippen molar-refractivity contribution >= 4 is 0 Å². The fourth-order valence-electron chi connectivity index (χ4n) is 4.87. The molecule has 206 valence electrons. The van der Waals surface area contributed by atoms with Gasteiger partial charge in [0.1, 0.15) is 23.0 Å². The maximum Gasteiger partial charge on any atom is 0.127 e. The molecule has 38 heavy (non-hydrogen) atoms. The Hall–Kier alpha value is -2.74. The maximum absolute atomic E-state index is 6.05. The molecule has 3 aromatic carbocycles. The van der Waals surface area contributed by atoms with Crippen molar-refractivity contribution in [3.8, 4) is 23.0 Å². The first-order chi connectivity index (χ1) is 18.8. The van der Waals surface area contributed by atoms with Crippen molar-refractivity contribution in [2.45, 2.75) is 117 Å². The van der Waals surface area contributed by atoms with Gasteiger partial charge in [-0.3, -0.25) is 0 Å². The second-order valence-electron chi connectivity index (χ2n) is 10.7. The number of aryl methyl sites for hydroxylation is 2. The molecule has 0 atom stereocenters. The Labute approximate surface area is 232 Å². The molecule has 0 radical (unpaired) electrons. The lowest BCUT2D eigenvalue weighted by molar-refractivity contribution is 0.469. The number of rotatable bonds is 20. The third kappa shape index (κ3) is 12.2. The SMILES string of the molecule is CCCCCCCCCc1ccc(Oc2ccc(Oc3ccc(CCCCCCCCC)cc3)cc2)cc1. The number of ether oxygens (including phenoxy) is 2. The van der Waals surface area contributed by atoms with E-state index in [0.29, 0.717) is 0 Å². The van der Waals surface area contributed by atoms with Gasteiger partial charge < -0.3 is 9.47 Å². The van der Waals surface area contributed by atoms with Crippen molar-refractivity contribution in [2.24, 2.45) is 0 Å². The number of benzene rings is 3. The molecular weight excluding hydrogens is 464 g/mol. The molecule has 0 heterocycles. The minimum absolute atomic E-state index is 0.822. The highest BCUT2D eigenvalue weighted by Gasteiger charge is 2.03. The highest BCUT2D eigenvalue weighted by molar-refractivity contribution is 5.39. The van der Waals surface area contributed by atoms with Crippen LogP contribution in [0.2, 0.25) is 0 Å². The zero-order valence-electron chi connectivity index (χ0n) is 24.1. The zero-order valence-corrected chi connectivity index (χ0v) is 24.1. The Morgan fingerprint density at radius 3 is 0.921 bits per heavy atom. The van der Waals surface area contributed by atoms with Crippen LogP contribution in [0.4, 0.5) is 0 Å². The van der Waals surface area contributed by atoms with Crippen molar-refractivity contribution in [3.05, 3.63) is 83.9 Å². The Kier molecular flexibility index (Phi) is 14.5. The molecule has 0 aliphatic carbocycles. The third-order valence-electron chi connectivity index (χ3n) is 7.28. The lowest BCUT2D eigenvalue weighted by Gasteiger charge is -2.10. The fourth-order valence-corrected chi connectivity index (χ4v) is 4.87. The molecule has 3 aromatic rings. The Balaban J connectivity index is 1.34. The molecule has 0 saturated carbocycles. The van der Waals surface area contributed by atoms with Gasteiger partial charge in [-0.25, -0.2) is 0 Å². The van der Waals surface area contributed by atoms with Crippen molar-refractivity contribution in [2.75, 3.05) is 0 Å². The largest absolute Gasteiger partial charge is 0.457 e. The van der Waals surface area contributed by atoms with E-state index in [-0.39, 0.29) is 0 Å². The van der Waals surface area contributed by atoms with E-state index in [1.165, 1.54) is 101 Å². The normalized spacial score (nSPS) is 11.0. The van der Waals surface area contributed by atoms with Gasteiger partial charge >= 0.3 is 0 Å². The van der Waals surface area contributed by atoms with E-state index in [0.717, 1.165) is 35.8 Å². The van der Waals surface area contributed by atoms with Gasteiger partial charge in [0.05, 0.1) is 0 Å². The minimum Gasteiger partial charge on any atom is -0.457 e. The maximum atomic E-state index is 6.05. The van der Waals surface area contributed by atoms with Crippen LogP contribution in [0.1, 0.15) is 115 Å². The standard InChI is InChI=1S/C36H50O2/c1-3-5-7-9-11-13-15-17-31-19-23-33(24-20-31)37-35-27-29-36(30-28-35)38-34-25-21-32(22-26-34)18-16-14-12-10-8-6-4-2/h19-30H,3-18H2,1-2H3. The van der Waals surface area contributed by atoms with Crippen LogP contribution in [-0.2, 0) is 12.8 Å². The smallest absolute Gasteiger partial charge is 0.127 e. The monoisotopic (exact) mass is 514 g/mol. The van der Waals surface area contributed by atoms with Crippen LogP contribution >= 0.6 is 0 Å². The van der Waals surface area contributed by atoms with Crippen molar-refractivity contribution < 1.29 is 9.47 Å². The highest BCUT2D eigenvalue weighted by Crippen LogP contribution is 2.27. The van der Waals surface area contributed by atoms with Gasteiger partial charge in [-0.2, -0.15) is 0 Å². The minimum atomic E-state index is 0.822. The first-order valence-corrected chi connectivity index (χ1v) is 15.4. The van der Waals surface area contributed by atoms with Gasteiger partial charge in [0.25, 0.3) is 0 Å². The topological polar surface area (TPSA) is 18.5 Å². The molecule has 0 aromatic heterocycles. The summed E-state index contributed by atoms with van der Waals surface area (Å²) in [5, 5.41) is 0. The van der Waals surface area contributed by atoms with Gasteiger partial charge in [-0.15, -0.1) is 0 Å². The van der Waals surface area contributed by atoms with E-state index >= 15 is 0 Å². The third-order valence-corrected chi connectivity index (χ3v) is 7.28. The molecule has 2 nitrogen and oxygen atoms in total. The molecular formula is C36H50O2. The van der Waals surface area contributed by atoms with E-state index in [2.05, 4.69) is 62.4 Å². The van der Waals surface area contributed by atoms with Gasteiger partial charge in [0.15, 0.2) is 0 Å². The van der Waals surface area contributed by atoms with Crippen LogP contribution in [0, 0.1) is 0 Å². The average molecular weight is 515 g/mol. The zero-order chi connectivity index (χ0) is 26.7. The summed E-state index contributed by atoms with van der Waals surface area (Å²) < 4.78 is 12.1. The molecule has 0 saturated heterocycles. The fraction of sp³-hybridized carbons (Fsp3) is 0.500. The predicted octanol–water partition coefficient (Wildman–Crippen LogP) is 11.9. The van der Waals surface area contributed by atoms with Crippen LogP contribution in [0.15, 0.2) is 72.8 Å². The lowest BCUT2D eigenvalue weighted by Crippen LogP contribution is -1.89. The van der Waals surface area contributed by atoms with Crippen LogP contribution in [0.3, 0.4) is 0 Å². The molecule has 0 bridgehead atoms. The summed E-state index contributed by atoms with van der Waals surface area (Å²) in [6, 6.07) is 25.0. The molecule has 2 heteroatoms. The van der Waals surface area contributed by atoms with E-state index in [9.17, 15) is 0 Å². The van der Waals surface area contributed by atoms with Crippen molar-refractivity contribution in [1.82, 2.24) is 0 Å². The van der Waals surface area contributed by atoms with Crippen molar-refractivity contribution in [3.63, 3.8) is 0 Å². The van der Waals surface area contributed by atoms with Crippen LogP contribution < -0.4 is 9.47 Å². The summed E-state index contributed by atoms with van der Waals surface area (Å²) in [6.07, 6.45) is 21.2. The van der Waals surface area contributed by atoms with E-state index in [1.807, 2.05) is 24.3 Å². The summed E-state index contributed by atoms with van der Waals surface area (Å²) in [4.78, 5) is 0. The molecule has 0 unspecified atom stereocenters. The first kappa shape index (κ1) is 29.8. The molecule has 3 rings (SSSR count). The van der Waals surface area contributed by atoms with Gasteiger partial charge in [-0.1, -0.05) is 115 Å². The van der Waals surface area contributed by atoms with E-state index in [1.54, 1.807) is 0 Å². The quantitative estimate of drug-likeness (QED) is 0.140. The van der Waals surface area contributed by atoms with Crippen LogP contribution in [0.5, 0.6) is 23.0 Å². The van der Waals surface area contributed by atoms with Gasteiger partial charge in [0.2, 0.25) is 0 Å². The van der Waals surface area contributed by atoms with Gasteiger partial charge in [0, 0.05) is 0 Å².